The third-order valence-electron chi connectivity index (χ3n) is 3.06. The molecule has 1 amide bonds. The molecule has 2 N–H and O–H groups in total. The molecule has 8 heteroatoms. The number of anilines is 2. The van der Waals surface area contributed by atoms with Crippen molar-refractivity contribution < 1.29 is 18.3 Å². The lowest BCUT2D eigenvalue weighted by atomic mass is 10.2. The number of nitrogens with one attached hydrogen (secondary N) is 1. The Bertz CT molecular complexity index is 594. The van der Waals surface area contributed by atoms with Crippen molar-refractivity contribution in [1.29, 1.82) is 0 Å². The van der Waals surface area contributed by atoms with Gasteiger partial charge in [-0.15, -0.1) is 0 Å². The molecule has 1 aromatic rings. The fourth-order valence-electron chi connectivity index (χ4n) is 2.14. The van der Waals surface area contributed by atoms with Crippen molar-refractivity contribution >= 4 is 27.5 Å². The number of hydrogen-bond donors (Lipinski definition) is 2. The van der Waals surface area contributed by atoms with Gasteiger partial charge in [-0.1, -0.05) is 6.07 Å². The zero-order valence-electron chi connectivity index (χ0n) is 11.1. The van der Waals surface area contributed by atoms with Crippen molar-refractivity contribution in [3.63, 3.8) is 0 Å². The number of hydrogen-bond acceptors (Lipinski definition) is 4. The van der Waals surface area contributed by atoms with E-state index in [0.717, 1.165) is 11.9 Å². The largest absolute Gasteiger partial charge is 0.465 e. The average Bonchev–Trinajstić information content (AvgIpc) is 2.37. The average molecular weight is 299 g/mol. The molecule has 0 spiro atoms. The van der Waals surface area contributed by atoms with Crippen LogP contribution in [0.1, 0.15) is 0 Å². The van der Waals surface area contributed by atoms with Gasteiger partial charge >= 0.3 is 6.09 Å². The van der Waals surface area contributed by atoms with Crippen molar-refractivity contribution in [2.45, 2.75) is 0 Å². The second-order valence-electron chi connectivity index (χ2n) is 4.68. The standard InChI is InChI=1S/C12H17N3O4S/c1-20(18,19)13-10-3-2-4-11(9-10)14-5-7-15(8-6-14)12(16)17/h2-4,9,13H,5-8H2,1H3,(H,16,17). The van der Waals surface area contributed by atoms with E-state index in [4.69, 9.17) is 5.11 Å². The fraction of sp³-hybridized carbons (Fsp3) is 0.417. The van der Waals surface area contributed by atoms with Crippen LogP contribution < -0.4 is 9.62 Å². The number of piperazine rings is 1. The number of nitrogens with zero attached hydrogens (tertiary/aromatic N) is 2. The van der Waals surface area contributed by atoms with Crippen LogP contribution in [0, 0.1) is 0 Å². The first kappa shape index (κ1) is 14.4. The van der Waals surface area contributed by atoms with E-state index in [1.807, 2.05) is 11.0 Å². The van der Waals surface area contributed by atoms with Crippen LogP contribution in [0.3, 0.4) is 0 Å². The van der Waals surface area contributed by atoms with Gasteiger partial charge in [0.25, 0.3) is 0 Å². The zero-order chi connectivity index (χ0) is 14.8. The SMILES string of the molecule is CS(=O)(=O)Nc1cccc(N2CCN(C(=O)O)CC2)c1. The highest BCUT2D eigenvalue weighted by Crippen LogP contribution is 2.21. The number of sulfonamides is 1. The number of benzene rings is 1. The molecule has 0 aliphatic carbocycles. The van der Waals surface area contributed by atoms with Gasteiger partial charge in [0.15, 0.2) is 0 Å². The van der Waals surface area contributed by atoms with E-state index in [1.54, 1.807) is 18.2 Å². The normalized spacial score (nSPS) is 16.1. The molecule has 20 heavy (non-hydrogen) atoms. The van der Waals surface area contributed by atoms with Gasteiger partial charge in [0, 0.05) is 31.9 Å². The van der Waals surface area contributed by atoms with Crippen LogP contribution in [0.5, 0.6) is 0 Å². The summed E-state index contributed by atoms with van der Waals surface area (Å²) in [5.41, 5.74) is 1.38. The molecule has 0 bridgehead atoms. The second-order valence-corrected chi connectivity index (χ2v) is 6.43. The van der Waals surface area contributed by atoms with Crippen molar-refractivity contribution in [3.05, 3.63) is 24.3 Å². The third kappa shape index (κ3) is 3.77. The number of rotatable bonds is 3. The Labute approximate surface area is 117 Å². The quantitative estimate of drug-likeness (QED) is 0.864. The minimum atomic E-state index is -3.30. The summed E-state index contributed by atoms with van der Waals surface area (Å²) in [6.07, 6.45) is 0.197. The first-order valence-corrected chi connectivity index (χ1v) is 8.05. The van der Waals surface area contributed by atoms with E-state index in [1.165, 1.54) is 4.90 Å². The second kappa shape index (κ2) is 5.58. The predicted octanol–water partition coefficient (Wildman–Crippen LogP) is 0.858. The predicted molar refractivity (Wildman–Crippen MR) is 76.7 cm³/mol. The Morgan fingerprint density at radius 1 is 1.25 bits per heavy atom. The van der Waals surface area contributed by atoms with Crippen molar-refractivity contribution in [2.24, 2.45) is 0 Å². The highest BCUT2D eigenvalue weighted by molar-refractivity contribution is 7.92. The lowest BCUT2D eigenvalue weighted by Gasteiger charge is -2.34. The molecule has 0 unspecified atom stereocenters. The van der Waals surface area contributed by atoms with Gasteiger partial charge in [-0.25, -0.2) is 13.2 Å². The molecule has 110 valence electrons. The third-order valence-corrected chi connectivity index (χ3v) is 3.67. The lowest BCUT2D eigenvalue weighted by Crippen LogP contribution is -2.48. The number of carbonyl (C=O) groups is 1. The van der Waals surface area contributed by atoms with E-state index in [2.05, 4.69) is 4.72 Å². The molecule has 1 saturated heterocycles. The molecule has 0 atom stereocenters. The summed E-state index contributed by atoms with van der Waals surface area (Å²) in [5.74, 6) is 0. The van der Waals surface area contributed by atoms with Crippen LogP contribution in [0.2, 0.25) is 0 Å². The van der Waals surface area contributed by atoms with E-state index in [0.29, 0.717) is 31.9 Å². The van der Waals surface area contributed by atoms with Gasteiger partial charge in [0.2, 0.25) is 10.0 Å². The molecule has 1 aliphatic heterocycles. The van der Waals surface area contributed by atoms with Crippen LogP contribution in [0.4, 0.5) is 16.2 Å². The Morgan fingerprint density at radius 2 is 1.90 bits per heavy atom. The van der Waals surface area contributed by atoms with Crippen LogP contribution in [0.25, 0.3) is 0 Å². The van der Waals surface area contributed by atoms with Crippen molar-refractivity contribution in [1.82, 2.24) is 4.90 Å². The Morgan fingerprint density at radius 3 is 2.45 bits per heavy atom. The van der Waals surface area contributed by atoms with Crippen LogP contribution in [-0.4, -0.2) is 57.0 Å². The summed E-state index contributed by atoms with van der Waals surface area (Å²) < 4.78 is 24.8. The van der Waals surface area contributed by atoms with E-state index in [9.17, 15) is 13.2 Å². The van der Waals surface area contributed by atoms with Crippen molar-refractivity contribution in [2.75, 3.05) is 42.1 Å². The van der Waals surface area contributed by atoms with Crippen LogP contribution >= 0.6 is 0 Å². The molecule has 1 fully saturated rings. The fourth-order valence-corrected chi connectivity index (χ4v) is 2.69. The van der Waals surface area contributed by atoms with Gasteiger partial charge in [-0.2, -0.15) is 0 Å². The summed E-state index contributed by atoms with van der Waals surface area (Å²) in [7, 11) is -3.30. The zero-order valence-corrected chi connectivity index (χ0v) is 11.9. The summed E-state index contributed by atoms with van der Waals surface area (Å²) >= 11 is 0. The summed E-state index contributed by atoms with van der Waals surface area (Å²) in [6.45, 7) is 2.07. The summed E-state index contributed by atoms with van der Waals surface area (Å²) in [5, 5.41) is 8.90. The maximum absolute atomic E-state index is 11.2. The van der Waals surface area contributed by atoms with Gasteiger partial charge < -0.3 is 14.9 Å². The van der Waals surface area contributed by atoms with Gasteiger partial charge in [0.1, 0.15) is 0 Å². The number of carboxylic acid groups (broad SMARTS) is 1. The minimum Gasteiger partial charge on any atom is -0.465 e. The Hall–Kier alpha value is -1.96. The molecule has 0 radical (unpaired) electrons. The maximum atomic E-state index is 11.2. The van der Waals surface area contributed by atoms with Gasteiger partial charge in [0.05, 0.1) is 11.9 Å². The van der Waals surface area contributed by atoms with E-state index < -0.39 is 16.1 Å². The summed E-state index contributed by atoms with van der Waals surface area (Å²) in [4.78, 5) is 14.2. The molecule has 0 saturated carbocycles. The highest BCUT2D eigenvalue weighted by Gasteiger charge is 2.20. The van der Waals surface area contributed by atoms with Crippen LogP contribution in [-0.2, 0) is 10.0 Å². The lowest BCUT2D eigenvalue weighted by molar-refractivity contribution is 0.142. The van der Waals surface area contributed by atoms with Gasteiger partial charge in [-0.05, 0) is 18.2 Å². The smallest absolute Gasteiger partial charge is 0.407 e. The maximum Gasteiger partial charge on any atom is 0.407 e. The molecule has 1 heterocycles. The minimum absolute atomic E-state index is 0.444. The number of amides is 1. The highest BCUT2D eigenvalue weighted by atomic mass is 32.2. The molecular formula is C12H17N3O4S. The summed E-state index contributed by atoms with van der Waals surface area (Å²) in [6, 6.07) is 7.08. The molecule has 7 nitrogen and oxygen atoms in total. The first-order valence-electron chi connectivity index (χ1n) is 6.16. The molecule has 1 aromatic carbocycles. The molecular weight excluding hydrogens is 282 g/mol. The van der Waals surface area contributed by atoms with E-state index >= 15 is 0 Å². The van der Waals surface area contributed by atoms with E-state index in [-0.39, 0.29) is 0 Å². The Balaban J connectivity index is 2.07. The molecule has 0 aromatic heterocycles. The molecule has 1 aliphatic rings. The first-order chi connectivity index (χ1) is 9.35. The van der Waals surface area contributed by atoms with Crippen LogP contribution in [0.15, 0.2) is 24.3 Å². The monoisotopic (exact) mass is 299 g/mol. The topological polar surface area (TPSA) is 90.0 Å². The molecule has 2 rings (SSSR count). The Kier molecular flexibility index (Phi) is 4.03. The van der Waals surface area contributed by atoms with Gasteiger partial charge in [-0.3, -0.25) is 4.72 Å². The van der Waals surface area contributed by atoms with Crippen molar-refractivity contribution in [3.8, 4) is 0 Å².